The molecule has 0 amide bonds. The van der Waals surface area contributed by atoms with E-state index in [9.17, 15) is 34.8 Å². The fraction of sp³-hybridized carbons (Fsp3) is 0.385. The number of non-ortho nitro benzene ring substituents is 1. The number of rotatable bonds is 5. The summed E-state index contributed by atoms with van der Waals surface area (Å²) in [6, 6.07) is 2.54. The van der Waals surface area contributed by atoms with Gasteiger partial charge in [-0.3, -0.25) is 20.2 Å². The predicted molar refractivity (Wildman–Crippen MR) is 76.2 cm³/mol. The standard InChI is InChI=1S/C13H13FN2O8/c14-11-10(3-6(5-17)12(18)13(11)19)24-9-2-1-7(15(20)21)4-8(9)16(22)23/h1-4,10-13,17-19H,5H2. The van der Waals surface area contributed by atoms with Crippen molar-refractivity contribution in [1.29, 1.82) is 0 Å². The summed E-state index contributed by atoms with van der Waals surface area (Å²) in [5.41, 5.74) is -1.40. The third-order valence-electron chi connectivity index (χ3n) is 3.52. The van der Waals surface area contributed by atoms with Crippen LogP contribution < -0.4 is 4.74 Å². The van der Waals surface area contributed by atoms with E-state index in [1.807, 2.05) is 0 Å². The van der Waals surface area contributed by atoms with Crippen molar-refractivity contribution in [3.8, 4) is 5.75 Å². The van der Waals surface area contributed by atoms with E-state index >= 15 is 0 Å². The van der Waals surface area contributed by atoms with Crippen molar-refractivity contribution < 1.29 is 34.3 Å². The summed E-state index contributed by atoms with van der Waals surface area (Å²) >= 11 is 0. The molecule has 0 aliphatic heterocycles. The molecule has 0 radical (unpaired) electrons. The quantitative estimate of drug-likeness (QED) is 0.389. The lowest BCUT2D eigenvalue weighted by Crippen LogP contribution is -2.48. The van der Waals surface area contributed by atoms with E-state index in [-0.39, 0.29) is 5.57 Å². The molecule has 4 unspecified atom stereocenters. The molecule has 0 fully saturated rings. The van der Waals surface area contributed by atoms with Gasteiger partial charge in [-0.2, -0.15) is 0 Å². The Hall–Kier alpha value is -2.63. The molecule has 1 aromatic carbocycles. The van der Waals surface area contributed by atoms with Crippen molar-refractivity contribution in [3.05, 3.63) is 50.1 Å². The van der Waals surface area contributed by atoms with Crippen molar-refractivity contribution in [2.45, 2.75) is 24.5 Å². The fourth-order valence-electron chi connectivity index (χ4n) is 2.24. The van der Waals surface area contributed by atoms with Crippen LogP contribution in [0.1, 0.15) is 0 Å². The van der Waals surface area contributed by atoms with Crippen LogP contribution in [0, 0.1) is 20.2 Å². The molecule has 1 aliphatic carbocycles. The average Bonchev–Trinajstić information content (AvgIpc) is 2.55. The number of nitro groups is 2. The highest BCUT2D eigenvalue weighted by Crippen LogP contribution is 2.34. The van der Waals surface area contributed by atoms with Gasteiger partial charge in [0, 0.05) is 6.07 Å². The maximum Gasteiger partial charge on any atom is 0.317 e. The third kappa shape index (κ3) is 3.32. The van der Waals surface area contributed by atoms with Crippen LogP contribution in [0.15, 0.2) is 29.8 Å². The Labute approximate surface area is 133 Å². The molecule has 1 aromatic rings. The number of hydrogen-bond donors (Lipinski definition) is 3. The molecular weight excluding hydrogens is 331 g/mol. The van der Waals surface area contributed by atoms with Crippen LogP contribution in [0.5, 0.6) is 5.75 Å². The lowest BCUT2D eigenvalue weighted by molar-refractivity contribution is -0.394. The number of alkyl halides is 1. The first-order valence-corrected chi connectivity index (χ1v) is 6.67. The molecule has 0 spiro atoms. The highest BCUT2D eigenvalue weighted by atomic mass is 19.1. The third-order valence-corrected chi connectivity index (χ3v) is 3.52. The van der Waals surface area contributed by atoms with Crippen LogP contribution in [-0.4, -0.2) is 56.3 Å². The monoisotopic (exact) mass is 344 g/mol. The Bertz CT molecular complexity index is 695. The second-order valence-electron chi connectivity index (χ2n) is 5.03. The van der Waals surface area contributed by atoms with E-state index in [0.29, 0.717) is 6.07 Å². The Morgan fingerprint density at radius 3 is 2.42 bits per heavy atom. The first-order chi connectivity index (χ1) is 11.3. The van der Waals surface area contributed by atoms with E-state index in [1.165, 1.54) is 0 Å². The molecule has 0 heterocycles. The van der Waals surface area contributed by atoms with Crippen LogP contribution in [0.3, 0.4) is 0 Å². The minimum absolute atomic E-state index is 0.106. The van der Waals surface area contributed by atoms with Gasteiger partial charge in [-0.15, -0.1) is 0 Å². The summed E-state index contributed by atoms with van der Waals surface area (Å²) in [5, 5.41) is 50.0. The molecule has 2 rings (SSSR count). The highest BCUT2D eigenvalue weighted by Gasteiger charge is 2.40. The van der Waals surface area contributed by atoms with Crippen LogP contribution >= 0.6 is 0 Å². The highest BCUT2D eigenvalue weighted by molar-refractivity contribution is 5.53. The maximum absolute atomic E-state index is 14.1. The first kappa shape index (κ1) is 17.7. The van der Waals surface area contributed by atoms with Gasteiger partial charge in [-0.25, -0.2) is 4.39 Å². The molecule has 0 aromatic heterocycles. The zero-order valence-electron chi connectivity index (χ0n) is 12.0. The van der Waals surface area contributed by atoms with Gasteiger partial charge in [0.15, 0.2) is 18.0 Å². The van der Waals surface area contributed by atoms with Crippen molar-refractivity contribution in [2.24, 2.45) is 0 Å². The Kier molecular flexibility index (Phi) is 5.07. The summed E-state index contributed by atoms with van der Waals surface area (Å²) in [6.45, 7) is -0.673. The van der Waals surface area contributed by atoms with Gasteiger partial charge < -0.3 is 20.1 Å². The second-order valence-corrected chi connectivity index (χ2v) is 5.03. The van der Waals surface area contributed by atoms with Crippen LogP contribution in [0.2, 0.25) is 0 Å². The SMILES string of the molecule is O=[N+]([O-])c1ccc(OC2C=C(CO)C(O)C(O)C2F)c([N+](=O)[O-])c1. The number of aliphatic hydroxyl groups excluding tert-OH is 3. The molecule has 0 saturated heterocycles. The van der Waals surface area contributed by atoms with Crippen molar-refractivity contribution in [3.63, 3.8) is 0 Å². The van der Waals surface area contributed by atoms with Gasteiger partial charge in [0.25, 0.3) is 5.69 Å². The van der Waals surface area contributed by atoms with E-state index in [1.54, 1.807) is 0 Å². The lowest BCUT2D eigenvalue weighted by Gasteiger charge is -2.32. The van der Waals surface area contributed by atoms with Gasteiger partial charge in [0.2, 0.25) is 0 Å². The van der Waals surface area contributed by atoms with Crippen molar-refractivity contribution >= 4 is 11.4 Å². The predicted octanol–water partition coefficient (Wildman–Crippen LogP) is 0.243. The van der Waals surface area contributed by atoms with E-state index in [4.69, 9.17) is 9.84 Å². The molecule has 4 atom stereocenters. The first-order valence-electron chi connectivity index (χ1n) is 6.67. The van der Waals surface area contributed by atoms with E-state index in [2.05, 4.69) is 0 Å². The van der Waals surface area contributed by atoms with Crippen LogP contribution in [0.25, 0.3) is 0 Å². The zero-order valence-corrected chi connectivity index (χ0v) is 12.0. The molecule has 130 valence electrons. The number of hydrogen-bond acceptors (Lipinski definition) is 8. The van der Waals surface area contributed by atoms with E-state index < -0.39 is 58.1 Å². The smallest absolute Gasteiger partial charge is 0.317 e. The van der Waals surface area contributed by atoms with Crippen molar-refractivity contribution in [1.82, 2.24) is 0 Å². The number of nitro benzene ring substituents is 2. The number of nitrogens with zero attached hydrogens (tertiary/aromatic N) is 2. The average molecular weight is 344 g/mol. The van der Waals surface area contributed by atoms with Gasteiger partial charge in [-0.1, -0.05) is 0 Å². The molecular formula is C13H13FN2O8. The minimum Gasteiger partial charge on any atom is -0.476 e. The zero-order chi connectivity index (χ0) is 18.0. The molecule has 0 saturated carbocycles. The Morgan fingerprint density at radius 2 is 1.88 bits per heavy atom. The summed E-state index contributed by atoms with van der Waals surface area (Å²) in [7, 11) is 0. The number of ether oxygens (including phenoxy) is 1. The van der Waals surface area contributed by atoms with Crippen molar-refractivity contribution in [2.75, 3.05) is 6.61 Å². The van der Waals surface area contributed by atoms with Gasteiger partial charge in [-0.05, 0) is 17.7 Å². The lowest BCUT2D eigenvalue weighted by atomic mass is 9.90. The van der Waals surface area contributed by atoms with Crippen LogP contribution in [0.4, 0.5) is 15.8 Å². The van der Waals surface area contributed by atoms with Gasteiger partial charge in [0.1, 0.15) is 12.2 Å². The maximum atomic E-state index is 14.1. The molecule has 24 heavy (non-hydrogen) atoms. The summed E-state index contributed by atoms with van der Waals surface area (Å²) in [5.74, 6) is -0.449. The normalized spacial score (nSPS) is 26.6. The Balaban J connectivity index is 2.38. The molecule has 1 aliphatic rings. The second kappa shape index (κ2) is 6.86. The largest absolute Gasteiger partial charge is 0.476 e. The summed E-state index contributed by atoms with van der Waals surface area (Å²) in [4.78, 5) is 19.9. The minimum atomic E-state index is -2.12. The Morgan fingerprint density at radius 1 is 1.21 bits per heavy atom. The topological polar surface area (TPSA) is 156 Å². The summed E-state index contributed by atoms with van der Waals surface area (Å²) in [6.07, 6.45) is -6.15. The van der Waals surface area contributed by atoms with E-state index in [0.717, 1.165) is 18.2 Å². The number of benzene rings is 1. The molecule has 0 bridgehead atoms. The van der Waals surface area contributed by atoms with Gasteiger partial charge in [0.05, 0.1) is 22.5 Å². The van der Waals surface area contributed by atoms with Crippen LogP contribution in [-0.2, 0) is 0 Å². The molecule has 11 heteroatoms. The number of aliphatic hydroxyl groups is 3. The summed E-state index contributed by atoms with van der Waals surface area (Å²) < 4.78 is 19.2. The van der Waals surface area contributed by atoms with Gasteiger partial charge >= 0.3 is 5.69 Å². The molecule has 10 nitrogen and oxygen atoms in total. The number of halogens is 1. The fourth-order valence-corrected chi connectivity index (χ4v) is 2.24. The molecule has 3 N–H and O–H groups in total.